The fraction of sp³-hybridized carbons (Fsp3) is 0.444. The minimum atomic E-state index is -0.403. The lowest BCUT2D eigenvalue weighted by molar-refractivity contribution is 0.215. The summed E-state index contributed by atoms with van der Waals surface area (Å²) in [6.07, 6.45) is 1.39. The van der Waals surface area contributed by atoms with Crippen molar-refractivity contribution in [1.29, 1.82) is 0 Å². The van der Waals surface area contributed by atoms with E-state index in [1.807, 2.05) is 13.8 Å². The third-order valence-electron chi connectivity index (χ3n) is 2.38. The molecule has 0 aliphatic carbocycles. The fourth-order valence-electron chi connectivity index (χ4n) is 1.25. The van der Waals surface area contributed by atoms with Crippen molar-refractivity contribution >= 4 is 11.6 Å². The molecular weight excluding hydrogens is 194 g/mol. The minimum Gasteiger partial charge on any atom is -0.395 e. The van der Waals surface area contributed by atoms with Gasteiger partial charge in [0.2, 0.25) is 5.95 Å². The molecule has 0 saturated carbocycles. The molecule has 3 N–H and O–H groups in total. The minimum absolute atomic E-state index is 0.0181. The second-order valence-electron chi connectivity index (χ2n) is 4.07. The predicted octanol–water partition coefficient (Wildman–Crippen LogP) is -0.0236. The summed E-state index contributed by atoms with van der Waals surface area (Å²) in [7, 11) is 0. The van der Waals surface area contributed by atoms with Crippen LogP contribution in [0.3, 0.4) is 0 Å². The van der Waals surface area contributed by atoms with Gasteiger partial charge in [-0.3, -0.25) is 0 Å². The van der Waals surface area contributed by atoms with E-state index < -0.39 is 5.41 Å². The van der Waals surface area contributed by atoms with Crippen molar-refractivity contribution in [2.24, 2.45) is 0 Å². The lowest BCUT2D eigenvalue weighted by Crippen LogP contribution is -2.22. The van der Waals surface area contributed by atoms with Crippen LogP contribution in [0.5, 0.6) is 0 Å². The summed E-state index contributed by atoms with van der Waals surface area (Å²) in [4.78, 5) is 7.87. The van der Waals surface area contributed by atoms with E-state index in [1.54, 1.807) is 6.07 Å². The summed E-state index contributed by atoms with van der Waals surface area (Å²) >= 11 is 0. The molecule has 0 aliphatic heterocycles. The van der Waals surface area contributed by atoms with Crippen molar-refractivity contribution in [2.75, 3.05) is 12.3 Å². The van der Waals surface area contributed by atoms with E-state index in [4.69, 9.17) is 5.73 Å². The monoisotopic (exact) mass is 207 g/mol. The van der Waals surface area contributed by atoms with Gasteiger partial charge in [0.1, 0.15) is 6.33 Å². The smallest absolute Gasteiger partial charge is 0.224 e. The van der Waals surface area contributed by atoms with Gasteiger partial charge in [-0.1, -0.05) is 13.8 Å². The molecule has 0 unspecified atom stereocenters. The van der Waals surface area contributed by atoms with E-state index >= 15 is 0 Å². The first-order valence-electron chi connectivity index (χ1n) is 4.62. The van der Waals surface area contributed by atoms with Crippen LogP contribution in [-0.2, 0) is 5.41 Å². The summed E-state index contributed by atoms with van der Waals surface area (Å²) in [5.41, 5.74) is 6.62. The Morgan fingerprint density at radius 2 is 2.20 bits per heavy atom. The van der Waals surface area contributed by atoms with E-state index in [-0.39, 0.29) is 6.61 Å². The van der Waals surface area contributed by atoms with E-state index in [0.29, 0.717) is 11.6 Å². The van der Waals surface area contributed by atoms with E-state index in [2.05, 4.69) is 15.1 Å². The number of hydrogen-bond acceptors (Lipinski definition) is 5. The van der Waals surface area contributed by atoms with Gasteiger partial charge in [-0.05, 0) is 0 Å². The Kier molecular flexibility index (Phi) is 2.08. The van der Waals surface area contributed by atoms with Crippen molar-refractivity contribution in [3.63, 3.8) is 0 Å². The maximum atomic E-state index is 9.23. The molecule has 2 aromatic heterocycles. The molecule has 0 amide bonds. The summed E-state index contributed by atoms with van der Waals surface area (Å²) < 4.78 is 1.47. The quantitative estimate of drug-likeness (QED) is 0.722. The average Bonchev–Trinajstić information content (AvgIpc) is 2.64. The van der Waals surface area contributed by atoms with Gasteiger partial charge in [0.05, 0.1) is 12.3 Å². The van der Waals surface area contributed by atoms with Gasteiger partial charge in [-0.2, -0.15) is 9.61 Å². The van der Waals surface area contributed by atoms with Gasteiger partial charge in [0.15, 0.2) is 5.65 Å². The molecule has 0 spiro atoms. The molecule has 0 fully saturated rings. The van der Waals surface area contributed by atoms with E-state index in [0.717, 1.165) is 5.69 Å². The first-order valence-corrected chi connectivity index (χ1v) is 4.62. The number of aliphatic hydroxyl groups excluding tert-OH is 1. The largest absolute Gasteiger partial charge is 0.395 e. The molecule has 2 heterocycles. The van der Waals surface area contributed by atoms with Crippen LogP contribution in [0.25, 0.3) is 5.65 Å². The average molecular weight is 207 g/mol. The standard InChI is InChI=1S/C9H13N5O/c1-9(2,4-15)6-3-7-11-5-12-8(10)14(7)13-6/h3,5,15H,4H2,1-2H3,(H2,10,11,12). The molecule has 2 aromatic rings. The third kappa shape index (κ3) is 1.52. The molecule has 0 bridgehead atoms. The molecule has 15 heavy (non-hydrogen) atoms. The van der Waals surface area contributed by atoms with Gasteiger partial charge in [0, 0.05) is 11.5 Å². The SMILES string of the molecule is CC(C)(CO)c1cc2ncnc(N)n2n1. The number of aromatic nitrogens is 4. The van der Waals surface area contributed by atoms with Gasteiger partial charge >= 0.3 is 0 Å². The first kappa shape index (κ1) is 9.85. The number of rotatable bonds is 2. The van der Waals surface area contributed by atoms with Gasteiger partial charge < -0.3 is 10.8 Å². The van der Waals surface area contributed by atoms with Gasteiger partial charge in [0.25, 0.3) is 0 Å². The summed E-state index contributed by atoms with van der Waals surface area (Å²) in [6.45, 7) is 3.82. The normalized spacial score (nSPS) is 12.2. The molecule has 0 saturated heterocycles. The number of fused-ring (bicyclic) bond motifs is 1. The van der Waals surface area contributed by atoms with Crippen LogP contribution in [0.2, 0.25) is 0 Å². The van der Waals surface area contributed by atoms with Gasteiger partial charge in [-0.25, -0.2) is 9.97 Å². The third-order valence-corrected chi connectivity index (χ3v) is 2.38. The molecule has 0 radical (unpaired) electrons. The Morgan fingerprint density at radius 1 is 1.47 bits per heavy atom. The second-order valence-corrected chi connectivity index (χ2v) is 4.07. The highest BCUT2D eigenvalue weighted by Crippen LogP contribution is 2.22. The molecule has 0 aliphatic rings. The molecule has 0 atom stereocenters. The van der Waals surface area contributed by atoms with Gasteiger partial charge in [-0.15, -0.1) is 0 Å². The van der Waals surface area contributed by atoms with Crippen LogP contribution >= 0.6 is 0 Å². The zero-order chi connectivity index (χ0) is 11.1. The second kappa shape index (κ2) is 3.16. The number of anilines is 1. The number of hydrogen-bond donors (Lipinski definition) is 2. The summed E-state index contributed by atoms with van der Waals surface area (Å²) in [5.74, 6) is 0.292. The fourth-order valence-corrected chi connectivity index (χ4v) is 1.25. The number of aliphatic hydroxyl groups is 1. The molecule has 0 aromatic carbocycles. The highest BCUT2D eigenvalue weighted by Gasteiger charge is 2.23. The molecular formula is C9H13N5O. The zero-order valence-electron chi connectivity index (χ0n) is 8.68. The molecule has 2 rings (SSSR count). The Hall–Kier alpha value is -1.69. The van der Waals surface area contributed by atoms with Crippen LogP contribution in [0, 0.1) is 0 Å². The van der Waals surface area contributed by atoms with Crippen molar-refractivity contribution in [1.82, 2.24) is 19.6 Å². The van der Waals surface area contributed by atoms with Crippen molar-refractivity contribution < 1.29 is 5.11 Å². The van der Waals surface area contributed by atoms with Crippen molar-refractivity contribution in [3.8, 4) is 0 Å². The van der Waals surface area contributed by atoms with Crippen LogP contribution in [-0.4, -0.2) is 31.3 Å². The Balaban J connectivity index is 2.62. The summed E-state index contributed by atoms with van der Waals surface area (Å²) in [5, 5.41) is 13.5. The molecule has 6 nitrogen and oxygen atoms in total. The first-order chi connectivity index (χ1) is 7.04. The zero-order valence-corrected chi connectivity index (χ0v) is 8.68. The maximum Gasteiger partial charge on any atom is 0.224 e. The van der Waals surface area contributed by atoms with Crippen molar-refractivity contribution in [3.05, 3.63) is 18.1 Å². The number of nitrogens with two attached hydrogens (primary N) is 1. The maximum absolute atomic E-state index is 9.23. The molecule has 6 heteroatoms. The van der Waals surface area contributed by atoms with E-state index in [1.165, 1.54) is 10.8 Å². The van der Waals surface area contributed by atoms with Crippen molar-refractivity contribution in [2.45, 2.75) is 19.3 Å². The van der Waals surface area contributed by atoms with Crippen LogP contribution in [0.15, 0.2) is 12.4 Å². The Labute approximate surface area is 86.8 Å². The van der Waals surface area contributed by atoms with E-state index in [9.17, 15) is 5.11 Å². The molecule has 80 valence electrons. The highest BCUT2D eigenvalue weighted by molar-refractivity contribution is 5.44. The van der Waals surface area contributed by atoms with Crippen LogP contribution in [0.4, 0.5) is 5.95 Å². The number of nitrogens with zero attached hydrogens (tertiary/aromatic N) is 4. The highest BCUT2D eigenvalue weighted by atomic mass is 16.3. The Bertz CT molecular complexity index is 490. The lowest BCUT2D eigenvalue weighted by atomic mass is 9.91. The Morgan fingerprint density at radius 3 is 2.80 bits per heavy atom. The van der Waals surface area contributed by atoms with Crippen LogP contribution < -0.4 is 5.73 Å². The summed E-state index contributed by atoms with van der Waals surface area (Å²) in [6, 6.07) is 1.80. The predicted molar refractivity (Wildman–Crippen MR) is 55.3 cm³/mol. The topological polar surface area (TPSA) is 89.3 Å². The lowest BCUT2D eigenvalue weighted by Gasteiger charge is -2.17. The number of nitrogen functional groups attached to an aromatic ring is 1. The van der Waals surface area contributed by atoms with Crippen LogP contribution in [0.1, 0.15) is 19.5 Å².